The molecule has 59 valence electrons. The van der Waals surface area contributed by atoms with Crippen LogP contribution in [0, 0.1) is 13.1 Å². The first-order chi connectivity index (χ1) is 5.86. The normalized spacial score (nSPS) is 10.1. The molecule has 2 nitrogen and oxygen atoms in total. The summed E-state index contributed by atoms with van der Waals surface area (Å²) in [4.78, 5) is 7.04. The first-order valence-electron chi connectivity index (χ1n) is 3.85. The standard InChI is InChI=1S/C10H9N2/c1-8-2-4-9(5-3-8)10-11-6-7-12-10/h2-6H,1H3,(H,11,12). The molecule has 0 aliphatic heterocycles. The minimum atomic E-state index is 0.870. The fraction of sp³-hybridized carbons (Fsp3) is 0.100. The van der Waals surface area contributed by atoms with Gasteiger partial charge in [0.15, 0.2) is 0 Å². The van der Waals surface area contributed by atoms with Crippen molar-refractivity contribution in [1.82, 2.24) is 9.97 Å². The Kier molecular flexibility index (Phi) is 1.67. The molecule has 1 aromatic carbocycles. The summed E-state index contributed by atoms with van der Waals surface area (Å²) in [5.74, 6) is 0.870. The maximum Gasteiger partial charge on any atom is 0.138 e. The number of rotatable bonds is 1. The van der Waals surface area contributed by atoms with Gasteiger partial charge in [-0.15, -0.1) is 0 Å². The molecular weight excluding hydrogens is 148 g/mol. The van der Waals surface area contributed by atoms with E-state index < -0.39 is 0 Å². The first kappa shape index (κ1) is 7.10. The summed E-state index contributed by atoms with van der Waals surface area (Å²) >= 11 is 0. The van der Waals surface area contributed by atoms with Gasteiger partial charge in [-0.05, 0) is 6.92 Å². The van der Waals surface area contributed by atoms with Crippen molar-refractivity contribution in [3.63, 3.8) is 0 Å². The molecule has 0 aliphatic carbocycles. The van der Waals surface area contributed by atoms with E-state index in [1.54, 1.807) is 6.20 Å². The molecule has 2 heteroatoms. The molecule has 0 unspecified atom stereocenters. The van der Waals surface area contributed by atoms with Crippen LogP contribution in [0.4, 0.5) is 0 Å². The van der Waals surface area contributed by atoms with Gasteiger partial charge >= 0.3 is 0 Å². The maximum absolute atomic E-state index is 4.04. The summed E-state index contributed by atoms with van der Waals surface area (Å²) < 4.78 is 0. The lowest BCUT2D eigenvalue weighted by atomic mass is 10.1. The monoisotopic (exact) mass is 157 g/mol. The number of imidazole rings is 1. The minimum Gasteiger partial charge on any atom is -0.344 e. The number of hydrogen-bond acceptors (Lipinski definition) is 1. The average Bonchev–Trinajstić information content (AvgIpc) is 2.58. The minimum absolute atomic E-state index is 0.870. The van der Waals surface area contributed by atoms with Crippen LogP contribution < -0.4 is 0 Å². The maximum atomic E-state index is 4.04. The molecule has 1 heterocycles. The van der Waals surface area contributed by atoms with Crippen LogP contribution in [0.25, 0.3) is 11.4 Å². The molecule has 0 saturated heterocycles. The Hall–Kier alpha value is -1.57. The van der Waals surface area contributed by atoms with Crippen LogP contribution >= 0.6 is 0 Å². The molecule has 2 aromatic rings. The summed E-state index contributed by atoms with van der Waals surface area (Å²) in [6.45, 7) is 2.07. The SMILES string of the molecule is Cc1ccc(-c2n[c]c[nH]2)cc1. The number of benzene rings is 1. The second-order valence-electron chi connectivity index (χ2n) is 2.74. The zero-order valence-corrected chi connectivity index (χ0v) is 6.83. The van der Waals surface area contributed by atoms with Crippen molar-refractivity contribution >= 4 is 0 Å². The van der Waals surface area contributed by atoms with Gasteiger partial charge in [0.25, 0.3) is 0 Å². The lowest BCUT2D eigenvalue weighted by Crippen LogP contribution is -1.79. The largest absolute Gasteiger partial charge is 0.344 e. The van der Waals surface area contributed by atoms with Gasteiger partial charge in [-0.25, -0.2) is 4.98 Å². The quantitative estimate of drug-likeness (QED) is 0.675. The molecular formula is C10H9N2. The molecule has 0 spiro atoms. The van der Waals surface area contributed by atoms with Gasteiger partial charge in [-0.2, -0.15) is 0 Å². The highest BCUT2D eigenvalue weighted by Crippen LogP contribution is 2.13. The predicted octanol–water partition coefficient (Wildman–Crippen LogP) is 2.19. The van der Waals surface area contributed by atoms with Crippen molar-refractivity contribution in [2.45, 2.75) is 6.92 Å². The zero-order chi connectivity index (χ0) is 8.39. The molecule has 0 amide bonds. The topological polar surface area (TPSA) is 28.7 Å². The first-order valence-corrected chi connectivity index (χ1v) is 3.85. The van der Waals surface area contributed by atoms with Crippen LogP contribution in [-0.4, -0.2) is 9.97 Å². The smallest absolute Gasteiger partial charge is 0.138 e. The lowest BCUT2D eigenvalue weighted by Gasteiger charge is -1.96. The van der Waals surface area contributed by atoms with Gasteiger partial charge in [0.2, 0.25) is 0 Å². The summed E-state index contributed by atoms with van der Waals surface area (Å²) in [5.41, 5.74) is 2.36. The number of aromatic nitrogens is 2. The van der Waals surface area contributed by atoms with Crippen molar-refractivity contribution in [3.05, 3.63) is 42.2 Å². The van der Waals surface area contributed by atoms with E-state index in [0.717, 1.165) is 11.4 Å². The van der Waals surface area contributed by atoms with Crippen LogP contribution in [0.3, 0.4) is 0 Å². The van der Waals surface area contributed by atoms with Crippen LogP contribution in [0.1, 0.15) is 5.56 Å². The predicted molar refractivity (Wildman–Crippen MR) is 47.6 cm³/mol. The van der Waals surface area contributed by atoms with Crippen LogP contribution in [-0.2, 0) is 0 Å². The van der Waals surface area contributed by atoms with Crippen molar-refractivity contribution < 1.29 is 0 Å². The molecule has 0 saturated carbocycles. The van der Waals surface area contributed by atoms with E-state index >= 15 is 0 Å². The molecule has 1 radical (unpaired) electrons. The Balaban J connectivity index is 2.43. The molecule has 12 heavy (non-hydrogen) atoms. The Labute approximate surface area is 71.3 Å². The Morgan fingerprint density at radius 2 is 2.00 bits per heavy atom. The lowest BCUT2D eigenvalue weighted by molar-refractivity contribution is 1.30. The molecule has 0 fully saturated rings. The summed E-state index contributed by atoms with van der Waals surface area (Å²) in [7, 11) is 0. The van der Waals surface area contributed by atoms with E-state index in [9.17, 15) is 0 Å². The molecule has 0 atom stereocenters. The van der Waals surface area contributed by atoms with Gasteiger partial charge < -0.3 is 4.98 Å². The second kappa shape index (κ2) is 2.81. The van der Waals surface area contributed by atoms with Gasteiger partial charge in [-0.1, -0.05) is 29.8 Å². The molecule has 2 rings (SSSR count). The number of nitrogens with one attached hydrogen (secondary N) is 1. The van der Waals surface area contributed by atoms with Gasteiger partial charge in [0, 0.05) is 11.8 Å². The van der Waals surface area contributed by atoms with E-state index in [2.05, 4.69) is 35.2 Å². The number of aryl methyl sites for hydroxylation is 1. The van der Waals surface area contributed by atoms with Gasteiger partial charge in [0.1, 0.15) is 12.0 Å². The fourth-order valence-electron chi connectivity index (χ4n) is 1.09. The van der Waals surface area contributed by atoms with E-state index in [4.69, 9.17) is 0 Å². The van der Waals surface area contributed by atoms with Crippen LogP contribution in [0.15, 0.2) is 30.5 Å². The van der Waals surface area contributed by atoms with E-state index in [1.807, 2.05) is 12.1 Å². The zero-order valence-electron chi connectivity index (χ0n) is 6.83. The number of H-pyrrole nitrogens is 1. The highest BCUT2D eigenvalue weighted by atomic mass is 14.9. The Bertz CT molecular complexity index is 346. The van der Waals surface area contributed by atoms with Crippen LogP contribution in [0.2, 0.25) is 0 Å². The average molecular weight is 157 g/mol. The highest BCUT2D eigenvalue weighted by molar-refractivity contribution is 5.54. The van der Waals surface area contributed by atoms with E-state index in [-0.39, 0.29) is 0 Å². The number of hydrogen-bond donors (Lipinski definition) is 1. The van der Waals surface area contributed by atoms with E-state index in [0.29, 0.717) is 0 Å². The Morgan fingerprint density at radius 3 is 2.58 bits per heavy atom. The second-order valence-corrected chi connectivity index (χ2v) is 2.74. The summed E-state index contributed by atoms with van der Waals surface area (Å²) in [6.07, 6.45) is 4.44. The summed E-state index contributed by atoms with van der Waals surface area (Å²) in [6, 6.07) is 8.22. The number of nitrogens with zero attached hydrogens (tertiary/aromatic N) is 1. The third-order valence-corrected chi connectivity index (χ3v) is 1.77. The molecule has 1 aromatic heterocycles. The van der Waals surface area contributed by atoms with Crippen molar-refractivity contribution in [2.75, 3.05) is 0 Å². The van der Waals surface area contributed by atoms with Crippen molar-refractivity contribution in [2.24, 2.45) is 0 Å². The van der Waals surface area contributed by atoms with Crippen molar-refractivity contribution in [1.29, 1.82) is 0 Å². The Morgan fingerprint density at radius 1 is 1.25 bits per heavy atom. The molecule has 0 bridgehead atoms. The van der Waals surface area contributed by atoms with Crippen LogP contribution in [0.5, 0.6) is 0 Å². The fourth-order valence-corrected chi connectivity index (χ4v) is 1.09. The highest BCUT2D eigenvalue weighted by Gasteiger charge is 1.97. The molecule has 1 N–H and O–H groups in total. The van der Waals surface area contributed by atoms with Gasteiger partial charge in [0.05, 0.1) is 0 Å². The van der Waals surface area contributed by atoms with E-state index in [1.165, 1.54) is 5.56 Å². The number of aromatic amines is 1. The summed E-state index contributed by atoms with van der Waals surface area (Å²) in [5, 5.41) is 0. The van der Waals surface area contributed by atoms with Crippen molar-refractivity contribution in [3.8, 4) is 11.4 Å². The third kappa shape index (κ3) is 1.23. The molecule has 0 aliphatic rings. The third-order valence-electron chi connectivity index (χ3n) is 1.77. The van der Waals surface area contributed by atoms with Gasteiger partial charge in [-0.3, -0.25) is 0 Å².